The van der Waals surface area contributed by atoms with Crippen LogP contribution in [0.2, 0.25) is 0 Å². The SMILES string of the molecule is CCCCn1c(C)nc2cc(C(N)=O)cc(C)c21. The summed E-state index contributed by atoms with van der Waals surface area (Å²) in [5.74, 6) is 0.587. The van der Waals surface area contributed by atoms with Gasteiger partial charge >= 0.3 is 0 Å². The van der Waals surface area contributed by atoms with Gasteiger partial charge in [0.25, 0.3) is 0 Å². The molecule has 2 aromatic rings. The van der Waals surface area contributed by atoms with E-state index in [0.29, 0.717) is 5.56 Å². The fourth-order valence-corrected chi connectivity index (χ4v) is 2.33. The third kappa shape index (κ3) is 2.10. The normalized spacial score (nSPS) is 11.1. The highest BCUT2D eigenvalue weighted by Gasteiger charge is 2.12. The number of fused-ring (bicyclic) bond motifs is 1. The van der Waals surface area contributed by atoms with Crippen molar-refractivity contribution in [3.05, 3.63) is 29.1 Å². The molecular weight excluding hydrogens is 226 g/mol. The molecular formula is C14H19N3O. The van der Waals surface area contributed by atoms with Gasteiger partial charge in [0.1, 0.15) is 5.82 Å². The largest absolute Gasteiger partial charge is 0.366 e. The molecule has 2 N–H and O–H groups in total. The van der Waals surface area contributed by atoms with Gasteiger partial charge in [0, 0.05) is 12.1 Å². The first-order valence-electron chi connectivity index (χ1n) is 6.32. The second kappa shape index (κ2) is 4.80. The minimum atomic E-state index is -0.402. The maximum atomic E-state index is 11.2. The third-order valence-electron chi connectivity index (χ3n) is 3.24. The number of carbonyl (C=O) groups excluding carboxylic acids is 1. The van der Waals surface area contributed by atoms with E-state index in [1.54, 1.807) is 6.07 Å². The van der Waals surface area contributed by atoms with Gasteiger partial charge in [-0.05, 0) is 38.0 Å². The lowest BCUT2D eigenvalue weighted by Gasteiger charge is -2.08. The standard InChI is InChI=1S/C14H19N3O/c1-4-5-6-17-10(3)16-12-8-11(14(15)18)7-9(2)13(12)17/h7-8H,4-6H2,1-3H3,(H2,15,18). The Hall–Kier alpha value is -1.84. The van der Waals surface area contributed by atoms with E-state index in [-0.39, 0.29) is 0 Å². The van der Waals surface area contributed by atoms with Gasteiger partial charge in [0.15, 0.2) is 0 Å². The quantitative estimate of drug-likeness (QED) is 0.899. The second-order valence-corrected chi connectivity index (χ2v) is 4.69. The van der Waals surface area contributed by atoms with Gasteiger partial charge < -0.3 is 10.3 Å². The Bertz CT molecular complexity index is 599. The minimum Gasteiger partial charge on any atom is -0.366 e. The summed E-state index contributed by atoms with van der Waals surface area (Å²) in [6, 6.07) is 3.62. The van der Waals surface area contributed by atoms with Crippen molar-refractivity contribution in [2.75, 3.05) is 0 Å². The Morgan fingerprint density at radius 2 is 2.11 bits per heavy atom. The van der Waals surface area contributed by atoms with E-state index < -0.39 is 5.91 Å². The Kier molecular flexibility index (Phi) is 3.36. The number of benzene rings is 1. The lowest BCUT2D eigenvalue weighted by molar-refractivity contribution is 0.100. The van der Waals surface area contributed by atoms with Crippen LogP contribution >= 0.6 is 0 Å². The van der Waals surface area contributed by atoms with Crippen molar-refractivity contribution < 1.29 is 4.79 Å². The highest BCUT2D eigenvalue weighted by atomic mass is 16.1. The molecule has 0 spiro atoms. The van der Waals surface area contributed by atoms with Gasteiger partial charge in [0.05, 0.1) is 11.0 Å². The number of nitrogens with two attached hydrogens (primary N) is 1. The first-order valence-corrected chi connectivity index (χ1v) is 6.32. The Morgan fingerprint density at radius 3 is 2.72 bits per heavy atom. The first kappa shape index (κ1) is 12.6. The number of hydrogen-bond acceptors (Lipinski definition) is 2. The van der Waals surface area contributed by atoms with Crippen LogP contribution in [0, 0.1) is 13.8 Å². The lowest BCUT2D eigenvalue weighted by atomic mass is 10.1. The third-order valence-corrected chi connectivity index (χ3v) is 3.24. The van der Waals surface area contributed by atoms with Crippen molar-refractivity contribution in [1.29, 1.82) is 0 Å². The molecule has 1 aromatic carbocycles. The average molecular weight is 245 g/mol. The van der Waals surface area contributed by atoms with Crippen molar-refractivity contribution in [3.8, 4) is 0 Å². The Labute approximate surface area is 107 Å². The second-order valence-electron chi connectivity index (χ2n) is 4.69. The van der Waals surface area contributed by atoms with E-state index in [1.807, 2.05) is 19.9 Å². The molecule has 2 rings (SSSR count). The number of aryl methyl sites for hydroxylation is 3. The fourth-order valence-electron chi connectivity index (χ4n) is 2.33. The van der Waals surface area contributed by atoms with E-state index in [2.05, 4.69) is 16.5 Å². The number of hydrogen-bond donors (Lipinski definition) is 1. The molecule has 0 aliphatic carbocycles. The number of carbonyl (C=O) groups is 1. The maximum absolute atomic E-state index is 11.2. The van der Waals surface area contributed by atoms with Gasteiger partial charge in [-0.15, -0.1) is 0 Å². The van der Waals surface area contributed by atoms with E-state index in [1.165, 1.54) is 0 Å². The van der Waals surface area contributed by atoms with Crippen LogP contribution in [0.3, 0.4) is 0 Å². The van der Waals surface area contributed by atoms with Crippen LogP contribution in [-0.4, -0.2) is 15.5 Å². The summed E-state index contributed by atoms with van der Waals surface area (Å²) in [6.45, 7) is 7.14. The van der Waals surface area contributed by atoms with E-state index in [9.17, 15) is 4.79 Å². The Balaban J connectivity index is 2.60. The van der Waals surface area contributed by atoms with Crippen molar-refractivity contribution in [3.63, 3.8) is 0 Å². The molecule has 0 atom stereocenters. The van der Waals surface area contributed by atoms with Gasteiger partial charge in [0.2, 0.25) is 5.91 Å². The van der Waals surface area contributed by atoms with Crippen LogP contribution in [0.25, 0.3) is 11.0 Å². The summed E-state index contributed by atoms with van der Waals surface area (Å²) >= 11 is 0. The zero-order valence-corrected chi connectivity index (χ0v) is 11.2. The number of amides is 1. The molecule has 18 heavy (non-hydrogen) atoms. The van der Waals surface area contributed by atoms with Crippen molar-refractivity contribution in [2.45, 2.75) is 40.2 Å². The topological polar surface area (TPSA) is 60.9 Å². The lowest BCUT2D eigenvalue weighted by Crippen LogP contribution is -2.11. The first-order chi connectivity index (χ1) is 8.54. The van der Waals surface area contributed by atoms with E-state index in [4.69, 9.17) is 5.73 Å². The van der Waals surface area contributed by atoms with Crippen LogP contribution in [-0.2, 0) is 6.54 Å². The summed E-state index contributed by atoms with van der Waals surface area (Å²) in [6.07, 6.45) is 2.28. The number of imidazole rings is 1. The molecule has 1 aromatic heterocycles. The van der Waals surface area contributed by atoms with Gasteiger partial charge in [-0.1, -0.05) is 13.3 Å². The molecule has 4 heteroatoms. The van der Waals surface area contributed by atoms with E-state index in [0.717, 1.165) is 41.8 Å². The Morgan fingerprint density at radius 1 is 1.39 bits per heavy atom. The van der Waals surface area contributed by atoms with Crippen LogP contribution < -0.4 is 5.73 Å². The van der Waals surface area contributed by atoms with Gasteiger partial charge in [-0.2, -0.15) is 0 Å². The molecule has 0 fully saturated rings. The molecule has 1 heterocycles. The molecule has 0 radical (unpaired) electrons. The van der Waals surface area contributed by atoms with Gasteiger partial charge in [-0.3, -0.25) is 4.79 Å². The fraction of sp³-hybridized carbons (Fsp3) is 0.429. The summed E-state index contributed by atoms with van der Waals surface area (Å²) in [5, 5.41) is 0. The predicted octanol–water partition coefficient (Wildman–Crippen LogP) is 2.55. The number of nitrogens with zero attached hydrogens (tertiary/aromatic N) is 2. The summed E-state index contributed by atoms with van der Waals surface area (Å²) < 4.78 is 2.22. The van der Waals surface area contributed by atoms with Crippen LogP contribution in [0.15, 0.2) is 12.1 Å². The van der Waals surface area contributed by atoms with Crippen LogP contribution in [0.4, 0.5) is 0 Å². The molecule has 4 nitrogen and oxygen atoms in total. The van der Waals surface area contributed by atoms with Gasteiger partial charge in [-0.25, -0.2) is 4.98 Å². The van der Waals surface area contributed by atoms with Crippen molar-refractivity contribution in [1.82, 2.24) is 9.55 Å². The minimum absolute atomic E-state index is 0.402. The zero-order valence-electron chi connectivity index (χ0n) is 11.2. The molecule has 96 valence electrons. The van der Waals surface area contributed by atoms with Crippen molar-refractivity contribution >= 4 is 16.9 Å². The average Bonchev–Trinajstić information content (AvgIpc) is 2.62. The highest BCUT2D eigenvalue weighted by molar-refractivity contribution is 5.97. The number of primary amides is 1. The summed E-state index contributed by atoms with van der Waals surface area (Å²) in [5.41, 5.74) is 8.88. The number of rotatable bonds is 4. The van der Waals surface area contributed by atoms with Crippen LogP contribution in [0.5, 0.6) is 0 Å². The van der Waals surface area contributed by atoms with E-state index >= 15 is 0 Å². The maximum Gasteiger partial charge on any atom is 0.248 e. The van der Waals surface area contributed by atoms with Crippen LogP contribution in [0.1, 0.15) is 41.5 Å². The zero-order chi connectivity index (χ0) is 13.3. The molecule has 0 bridgehead atoms. The summed E-state index contributed by atoms with van der Waals surface area (Å²) in [4.78, 5) is 15.8. The predicted molar refractivity (Wildman–Crippen MR) is 72.6 cm³/mol. The number of aromatic nitrogens is 2. The smallest absolute Gasteiger partial charge is 0.248 e. The molecule has 0 unspecified atom stereocenters. The molecule has 1 amide bonds. The monoisotopic (exact) mass is 245 g/mol. The molecule has 0 aliphatic heterocycles. The highest BCUT2D eigenvalue weighted by Crippen LogP contribution is 2.22. The summed E-state index contributed by atoms with van der Waals surface area (Å²) in [7, 11) is 0. The molecule has 0 aliphatic rings. The number of unbranched alkanes of at least 4 members (excludes halogenated alkanes) is 1. The molecule has 0 saturated heterocycles. The van der Waals surface area contributed by atoms with Crippen molar-refractivity contribution in [2.24, 2.45) is 5.73 Å². The molecule has 0 saturated carbocycles.